The monoisotopic (exact) mass is 348 g/mol. The fraction of sp³-hybridized carbons (Fsp3) is 0.312. The zero-order valence-corrected chi connectivity index (χ0v) is 14.1. The number of benzene rings is 1. The quantitative estimate of drug-likeness (QED) is 0.790. The standard InChI is InChI=1S/C16H16N2O5S/c1-3-22-15(20)10-4-5-11-13(8-10)24-16(18(11)2)17-14(19)12-9-21-6-7-23-12/h4-5,8-9H,3,6-7H2,1-2H3. The van der Waals surface area contributed by atoms with Gasteiger partial charge in [0.05, 0.1) is 22.4 Å². The number of esters is 1. The van der Waals surface area contributed by atoms with Crippen LogP contribution < -0.4 is 4.80 Å². The van der Waals surface area contributed by atoms with Crippen LogP contribution in [-0.2, 0) is 26.1 Å². The Morgan fingerprint density at radius 3 is 2.92 bits per heavy atom. The van der Waals surface area contributed by atoms with Crippen LogP contribution in [0.4, 0.5) is 0 Å². The summed E-state index contributed by atoms with van der Waals surface area (Å²) in [4.78, 5) is 28.5. The Hall–Kier alpha value is -2.61. The lowest BCUT2D eigenvalue weighted by molar-refractivity contribution is -0.119. The second-order valence-corrected chi connectivity index (χ2v) is 5.97. The molecule has 1 aromatic heterocycles. The number of thiazole rings is 1. The summed E-state index contributed by atoms with van der Waals surface area (Å²) in [5.74, 6) is -0.781. The first-order valence-corrected chi connectivity index (χ1v) is 8.22. The summed E-state index contributed by atoms with van der Waals surface area (Å²) in [7, 11) is 1.81. The number of aromatic nitrogens is 1. The number of rotatable bonds is 3. The Balaban J connectivity index is 1.98. The average molecular weight is 348 g/mol. The molecule has 8 heteroatoms. The van der Waals surface area contributed by atoms with Crippen molar-refractivity contribution in [1.82, 2.24) is 4.57 Å². The highest BCUT2D eigenvalue weighted by Gasteiger charge is 2.15. The molecule has 0 saturated carbocycles. The van der Waals surface area contributed by atoms with Crippen LogP contribution >= 0.6 is 11.3 Å². The first kappa shape index (κ1) is 16.3. The molecule has 1 aliphatic heterocycles. The summed E-state index contributed by atoms with van der Waals surface area (Å²) >= 11 is 1.31. The van der Waals surface area contributed by atoms with Gasteiger partial charge in [0.1, 0.15) is 19.5 Å². The summed E-state index contributed by atoms with van der Waals surface area (Å²) in [6, 6.07) is 5.24. The summed E-state index contributed by atoms with van der Waals surface area (Å²) in [5, 5.41) is 0. The number of hydrogen-bond acceptors (Lipinski definition) is 6. The zero-order valence-electron chi connectivity index (χ0n) is 13.3. The molecule has 0 fully saturated rings. The van der Waals surface area contributed by atoms with Crippen molar-refractivity contribution >= 4 is 33.4 Å². The minimum atomic E-state index is -0.498. The van der Waals surface area contributed by atoms with E-state index in [2.05, 4.69) is 4.99 Å². The maximum Gasteiger partial charge on any atom is 0.338 e. The molecule has 0 aliphatic carbocycles. The van der Waals surface area contributed by atoms with E-state index in [0.29, 0.717) is 30.2 Å². The second-order valence-electron chi connectivity index (χ2n) is 4.96. The van der Waals surface area contributed by atoms with Gasteiger partial charge < -0.3 is 18.8 Å². The number of fused-ring (bicyclic) bond motifs is 1. The minimum Gasteiger partial charge on any atom is -0.494 e. The fourth-order valence-electron chi connectivity index (χ4n) is 2.20. The SMILES string of the molecule is CCOC(=O)c1ccc2c(c1)sc(=NC(=O)C1=COCCO1)n2C. The Bertz CT molecular complexity index is 893. The summed E-state index contributed by atoms with van der Waals surface area (Å²) in [6.07, 6.45) is 1.28. The smallest absolute Gasteiger partial charge is 0.338 e. The first-order chi connectivity index (χ1) is 11.6. The van der Waals surface area contributed by atoms with Crippen LogP contribution in [0.1, 0.15) is 17.3 Å². The lowest BCUT2D eigenvalue weighted by atomic mass is 10.2. The van der Waals surface area contributed by atoms with E-state index in [0.717, 1.165) is 10.2 Å². The Morgan fingerprint density at radius 1 is 1.38 bits per heavy atom. The van der Waals surface area contributed by atoms with Gasteiger partial charge in [-0.2, -0.15) is 4.99 Å². The normalized spacial score (nSPS) is 14.8. The van der Waals surface area contributed by atoms with Gasteiger partial charge in [-0.15, -0.1) is 0 Å². The molecule has 1 aliphatic rings. The third-order valence-electron chi connectivity index (χ3n) is 3.38. The van der Waals surface area contributed by atoms with Gasteiger partial charge in [0, 0.05) is 7.05 Å². The highest BCUT2D eigenvalue weighted by molar-refractivity contribution is 7.16. The molecule has 0 radical (unpaired) electrons. The van der Waals surface area contributed by atoms with Crippen molar-refractivity contribution in [2.24, 2.45) is 12.0 Å². The number of aryl methyl sites for hydroxylation is 1. The third-order valence-corrected chi connectivity index (χ3v) is 4.47. The number of carbonyl (C=O) groups excluding carboxylic acids is 2. The summed E-state index contributed by atoms with van der Waals surface area (Å²) in [5.41, 5.74) is 1.34. The highest BCUT2D eigenvalue weighted by atomic mass is 32.1. The van der Waals surface area contributed by atoms with Crippen LogP contribution in [0.2, 0.25) is 0 Å². The van der Waals surface area contributed by atoms with Gasteiger partial charge in [-0.25, -0.2) is 4.79 Å². The number of ether oxygens (including phenoxy) is 3. The molecule has 0 atom stereocenters. The van der Waals surface area contributed by atoms with Crippen molar-refractivity contribution in [2.75, 3.05) is 19.8 Å². The van der Waals surface area contributed by atoms with Crippen molar-refractivity contribution in [3.05, 3.63) is 40.6 Å². The van der Waals surface area contributed by atoms with E-state index in [1.807, 2.05) is 7.05 Å². The van der Waals surface area contributed by atoms with Crippen LogP contribution in [0.25, 0.3) is 10.2 Å². The molecule has 0 unspecified atom stereocenters. The molecule has 0 saturated heterocycles. The van der Waals surface area contributed by atoms with Crippen LogP contribution in [-0.4, -0.2) is 36.3 Å². The Morgan fingerprint density at radius 2 is 2.21 bits per heavy atom. The Labute approximate surface area is 141 Å². The molecular weight excluding hydrogens is 332 g/mol. The predicted molar refractivity (Wildman–Crippen MR) is 87.3 cm³/mol. The molecule has 0 N–H and O–H groups in total. The molecule has 7 nitrogen and oxygen atoms in total. The molecule has 1 amide bonds. The maximum absolute atomic E-state index is 12.1. The first-order valence-electron chi connectivity index (χ1n) is 7.40. The van der Waals surface area contributed by atoms with Gasteiger partial charge in [-0.3, -0.25) is 4.79 Å². The molecule has 0 spiro atoms. The van der Waals surface area contributed by atoms with Crippen LogP contribution in [0.15, 0.2) is 35.2 Å². The summed E-state index contributed by atoms with van der Waals surface area (Å²) < 4.78 is 17.9. The molecule has 2 heterocycles. The third kappa shape index (κ3) is 3.18. The van der Waals surface area contributed by atoms with Gasteiger partial charge in [0.2, 0.25) is 5.76 Å². The van der Waals surface area contributed by atoms with Gasteiger partial charge in [-0.05, 0) is 25.1 Å². The van der Waals surface area contributed by atoms with Gasteiger partial charge in [-0.1, -0.05) is 11.3 Å². The van der Waals surface area contributed by atoms with Crippen LogP contribution in [0, 0.1) is 0 Å². The number of hydrogen-bond donors (Lipinski definition) is 0. The lowest BCUT2D eigenvalue weighted by Gasteiger charge is -2.12. The van der Waals surface area contributed by atoms with E-state index in [1.54, 1.807) is 29.7 Å². The molecular formula is C16H16N2O5S. The topological polar surface area (TPSA) is 79.1 Å². The molecule has 0 bridgehead atoms. The van der Waals surface area contributed by atoms with E-state index in [1.165, 1.54) is 17.6 Å². The van der Waals surface area contributed by atoms with E-state index in [4.69, 9.17) is 14.2 Å². The largest absolute Gasteiger partial charge is 0.494 e. The van der Waals surface area contributed by atoms with Gasteiger partial charge in [0.25, 0.3) is 0 Å². The van der Waals surface area contributed by atoms with Crippen LogP contribution in [0.5, 0.6) is 0 Å². The number of amides is 1. The van der Waals surface area contributed by atoms with Crippen LogP contribution in [0.3, 0.4) is 0 Å². The Kier molecular flexibility index (Phi) is 4.66. The zero-order chi connectivity index (χ0) is 17.1. The van der Waals surface area contributed by atoms with Crippen molar-refractivity contribution in [3.63, 3.8) is 0 Å². The maximum atomic E-state index is 12.1. The van der Waals surface area contributed by atoms with Crippen molar-refractivity contribution in [1.29, 1.82) is 0 Å². The van der Waals surface area contributed by atoms with E-state index < -0.39 is 5.91 Å². The fourth-order valence-corrected chi connectivity index (χ4v) is 3.26. The van der Waals surface area contributed by atoms with Gasteiger partial charge in [0.15, 0.2) is 4.80 Å². The average Bonchev–Trinajstić information content (AvgIpc) is 2.91. The second kappa shape index (κ2) is 6.88. The van der Waals surface area contributed by atoms with E-state index >= 15 is 0 Å². The molecule has 24 heavy (non-hydrogen) atoms. The lowest BCUT2D eigenvalue weighted by Crippen LogP contribution is -2.18. The number of nitrogens with zero attached hydrogens (tertiary/aromatic N) is 2. The van der Waals surface area contributed by atoms with E-state index in [9.17, 15) is 9.59 Å². The van der Waals surface area contributed by atoms with Crippen molar-refractivity contribution in [3.8, 4) is 0 Å². The highest BCUT2D eigenvalue weighted by Crippen LogP contribution is 2.19. The summed E-state index contributed by atoms with van der Waals surface area (Å²) in [6.45, 7) is 2.83. The molecule has 1 aromatic carbocycles. The molecule has 126 valence electrons. The molecule has 3 rings (SSSR count). The predicted octanol–water partition coefficient (Wildman–Crippen LogP) is 1.73. The van der Waals surface area contributed by atoms with Gasteiger partial charge >= 0.3 is 11.9 Å². The minimum absolute atomic E-state index is 0.0888. The molecule has 2 aromatic rings. The van der Waals surface area contributed by atoms with Crippen molar-refractivity contribution in [2.45, 2.75) is 6.92 Å². The van der Waals surface area contributed by atoms with Crippen molar-refractivity contribution < 1.29 is 23.8 Å². The number of carbonyl (C=O) groups is 2. The van der Waals surface area contributed by atoms with E-state index in [-0.39, 0.29) is 11.7 Å².